The van der Waals surface area contributed by atoms with E-state index in [-0.39, 0.29) is 17.9 Å². The molecule has 8 heteroatoms. The standard InChI is InChI=1S/C22H17ClF3NO3/c1-29-20-10-5-14(11-15(20)13-30-19-8-6-17(23)7-9-19)21(28)27-18-4-2-3-16(12-18)22(24,25)26/h2-12H,13H2,1H3,(H,27,28). The van der Waals surface area contributed by atoms with Gasteiger partial charge in [-0.3, -0.25) is 4.79 Å². The Morgan fingerprint density at radius 2 is 1.77 bits per heavy atom. The van der Waals surface area contributed by atoms with Gasteiger partial charge in [0.25, 0.3) is 5.91 Å². The Morgan fingerprint density at radius 3 is 2.43 bits per heavy atom. The highest BCUT2D eigenvalue weighted by atomic mass is 35.5. The minimum absolute atomic E-state index is 0.0459. The first-order valence-corrected chi connectivity index (χ1v) is 9.18. The fourth-order valence-electron chi connectivity index (χ4n) is 2.70. The summed E-state index contributed by atoms with van der Waals surface area (Å²) >= 11 is 5.85. The first-order valence-electron chi connectivity index (χ1n) is 8.80. The van der Waals surface area contributed by atoms with E-state index >= 15 is 0 Å². The molecule has 0 unspecified atom stereocenters. The zero-order valence-electron chi connectivity index (χ0n) is 15.8. The summed E-state index contributed by atoms with van der Waals surface area (Å²) in [5.74, 6) is 0.546. The first kappa shape index (κ1) is 21.5. The summed E-state index contributed by atoms with van der Waals surface area (Å²) in [6, 6.07) is 15.9. The Kier molecular flexibility index (Phi) is 6.52. The van der Waals surface area contributed by atoms with E-state index in [0.717, 1.165) is 12.1 Å². The third kappa shape index (κ3) is 5.45. The summed E-state index contributed by atoms with van der Waals surface area (Å²) in [6.45, 7) is 0.121. The molecule has 0 saturated carbocycles. The number of anilines is 1. The van der Waals surface area contributed by atoms with Crippen LogP contribution < -0.4 is 14.8 Å². The van der Waals surface area contributed by atoms with Gasteiger partial charge >= 0.3 is 6.18 Å². The van der Waals surface area contributed by atoms with E-state index in [2.05, 4.69) is 5.32 Å². The van der Waals surface area contributed by atoms with Gasteiger partial charge < -0.3 is 14.8 Å². The molecule has 0 spiro atoms. The van der Waals surface area contributed by atoms with Crippen LogP contribution in [-0.4, -0.2) is 13.0 Å². The summed E-state index contributed by atoms with van der Waals surface area (Å²) in [6.07, 6.45) is -4.49. The molecule has 0 aliphatic carbocycles. The van der Waals surface area contributed by atoms with Gasteiger partial charge in [0.15, 0.2) is 0 Å². The molecule has 30 heavy (non-hydrogen) atoms. The second kappa shape index (κ2) is 9.09. The van der Waals surface area contributed by atoms with E-state index in [1.165, 1.54) is 25.3 Å². The van der Waals surface area contributed by atoms with Crippen LogP contribution in [0.25, 0.3) is 0 Å². The zero-order valence-corrected chi connectivity index (χ0v) is 16.6. The number of halogens is 4. The number of amides is 1. The number of ether oxygens (including phenoxy) is 2. The lowest BCUT2D eigenvalue weighted by molar-refractivity contribution is -0.137. The molecule has 1 amide bonds. The Hall–Kier alpha value is -3.19. The fourth-order valence-corrected chi connectivity index (χ4v) is 2.83. The van der Waals surface area contributed by atoms with Crippen LogP contribution in [0.3, 0.4) is 0 Å². The molecular weight excluding hydrogens is 419 g/mol. The Morgan fingerprint density at radius 1 is 1.03 bits per heavy atom. The van der Waals surface area contributed by atoms with Crippen molar-refractivity contribution < 1.29 is 27.4 Å². The molecule has 0 aromatic heterocycles. The molecule has 0 bridgehead atoms. The Balaban J connectivity index is 1.76. The van der Waals surface area contributed by atoms with E-state index in [1.807, 2.05) is 0 Å². The molecule has 3 rings (SSSR count). The summed E-state index contributed by atoms with van der Waals surface area (Å²) < 4.78 is 49.6. The van der Waals surface area contributed by atoms with Crippen LogP contribution in [0, 0.1) is 0 Å². The van der Waals surface area contributed by atoms with Crippen molar-refractivity contribution in [1.82, 2.24) is 0 Å². The van der Waals surface area contributed by atoms with Crippen LogP contribution in [0.1, 0.15) is 21.5 Å². The van der Waals surface area contributed by atoms with Crippen LogP contribution in [0.15, 0.2) is 66.7 Å². The van der Waals surface area contributed by atoms with Gasteiger partial charge in [-0.05, 0) is 60.7 Å². The predicted molar refractivity (Wildman–Crippen MR) is 108 cm³/mol. The lowest BCUT2D eigenvalue weighted by atomic mass is 10.1. The number of hydrogen-bond acceptors (Lipinski definition) is 3. The van der Waals surface area contributed by atoms with Gasteiger partial charge in [-0.2, -0.15) is 13.2 Å². The Bertz CT molecular complexity index is 1040. The lowest BCUT2D eigenvalue weighted by Gasteiger charge is -2.13. The second-order valence-electron chi connectivity index (χ2n) is 6.30. The van der Waals surface area contributed by atoms with E-state index in [1.54, 1.807) is 36.4 Å². The van der Waals surface area contributed by atoms with Gasteiger partial charge in [0, 0.05) is 21.8 Å². The lowest BCUT2D eigenvalue weighted by Crippen LogP contribution is -2.14. The second-order valence-corrected chi connectivity index (χ2v) is 6.74. The van der Waals surface area contributed by atoms with E-state index in [0.29, 0.717) is 22.1 Å². The maximum atomic E-state index is 12.9. The maximum absolute atomic E-state index is 12.9. The molecule has 0 radical (unpaired) electrons. The van der Waals surface area contributed by atoms with E-state index < -0.39 is 17.6 Å². The molecule has 1 N–H and O–H groups in total. The van der Waals surface area contributed by atoms with Crippen molar-refractivity contribution >= 4 is 23.2 Å². The third-order valence-corrected chi connectivity index (χ3v) is 4.45. The summed E-state index contributed by atoms with van der Waals surface area (Å²) in [5, 5.41) is 3.06. The van der Waals surface area contributed by atoms with Gasteiger partial charge in [-0.1, -0.05) is 17.7 Å². The number of benzene rings is 3. The first-order chi connectivity index (χ1) is 14.3. The van der Waals surface area contributed by atoms with Gasteiger partial charge in [0.2, 0.25) is 0 Å². The molecule has 3 aromatic carbocycles. The van der Waals surface area contributed by atoms with Crippen LogP contribution in [0.5, 0.6) is 11.5 Å². The Labute approximate surface area is 176 Å². The number of carbonyl (C=O) groups is 1. The normalized spacial score (nSPS) is 11.1. The average molecular weight is 436 g/mol. The number of hydrogen-bond donors (Lipinski definition) is 1. The van der Waals surface area contributed by atoms with Gasteiger partial charge in [-0.25, -0.2) is 0 Å². The quantitative estimate of drug-likeness (QED) is 0.501. The molecule has 156 valence electrons. The number of methoxy groups -OCH3 is 1. The molecule has 0 aliphatic rings. The van der Waals surface area contributed by atoms with Crippen molar-refractivity contribution in [2.75, 3.05) is 12.4 Å². The maximum Gasteiger partial charge on any atom is 0.416 e. The highest BCUT2D eigenvalue weighted by molar-refractivity contribution is 6.30. The van der Waals surface area contributed by atoms with Crippen molar-refractivity contribution in [2.24, 2.45) is 0 Å². The zero-order chi connectivity index (χ0) is 21.7. The third-order valence-electron chi connectivity index (χ3n) is 4.20. The van der Waals surface area contributed by atoms with Crippen molar-refractivity contribution in [3.63, 3.8) is 0 Å². The van der Waals surface area contributed by atoms with Crippen molar-refractivity contribution in [2.45, 2.75) is 12.8 Å². The van der Waals surface area contributed by atoms with Gasteiger partial charge in [-0.15, -0.1) is 0 Å². The monoisotopic (exact) mass is 435 g/mol. The molecule has 3 aromatic rings. The minimum atomic E-state index is -4.49. The number of nitrogens with one attached hydrogen (secondary N) is 1. The summed E-state index contributed by atoms with van der Waals surface area (Å²) in [5.41, 5.74) is 0.0590. The summed E-state index contributed by atoms with van der Waals surface area (Å²) in [7, 11) is 1.49. The minimum Gasteiger partial charge on any atom is -0.496 e. The molecular formula is C22H17ClF3NO3. The van der Waals surface area contributed by atoms with Gasteiger partial charge in [0.1, 0.15) is 18.1 Å². The smallest absolute Gasteiger partial charge is 0.416 e. The number of carbonyl (C=O) groups excluding carboxylic acids is 1. The van der Waals surface area contributed by atoms with Crippen molar-refractivity contribution in [1.29, 1.82) is 0 Å². The van der Waals surface area contributed by atoms with Crippen LogP contribution in [-0.2, 0) is 12.8 Å². The highest BCUT2D eigenvalue weighted by Gasteiger charge is 2.30. The van der Waals surface area contributed by atoms with E-state index in [9.17, 15) is 18.0 Å². The average Bonchev–Trinajstić information content (AvgIpc) is 2.72. The van der Waals surface area contributed by atoms with E-state index in [4.69, 9.17) is 21.1 Å². The van der Waals surface area contributed by atoms with Crippen molar-refractivity contribution in [3.05, 3.63) is 88.4 Å². The highest BCUT2D eigenvalue weighted by Crippen LogP contribution is 2.31. The SMILES string of the molecule is COc1ccc(C(=O)Nc2cccc(C(F)(F)F)c2)cc1COc1ccc(Cl)cc1. The van der Waals surface area contributed by atoms with Crippen molar-refractivity contribution in [3.8, 4) is 11.5 Å². The fraction of sp³-hybridized carbons (Fsp3) is 0.136. The molecule has 0 atom stereocenters. The number of alkyl halides is 3. The molecule has 0 aliphatic heterocycles. The number of rotatable bonds is 6. The molecule has 0 fully saturated rings. The van der Waals surface area contributed by atoms with Gasteiger partial charge in [0.05, 0.1) is 12.7 Å². The van der Waals surface area contributed by atoms with Crippen LogP contribution in [0.4, 0.5) is 18.9 Å². The molecule has 0 saturated heterocycles. The molecule has 0 heterocycles. The van der Waals surface area contributed by atoms with Crippen LogP contribution in [0.2, 0.25) is 5.02 Å². The molecule has 4 nitrogen and oxygen atoms in total. The predicted octanol–water partition coefficient (Wildman–Crippen LogP) is 6.20. The topological polar surface area (TPSA) is 47.6 Å². The summed E-state index contributed by atoms with van der Waals surface area (Å²) in [4.78, 5) is 12.5. The largest absolute Gasteiger partial charge is 0.496 e. The van der Waals surface area contributed by atoms with Crippen LogP contribution >= 0.6 is 11.6 Å².